The second kappa shape index (κ2) is 7.72. The Balaban J connectivity index is 2.51. The lowest BCUT2D eigenvalue weighted by Crippen LogP contribution is -3.11. The Morgan fingerprint density at radius 2 is 2.05 bits per heavy atom. The third-order valence-electron chi connectivity index (χ3n) is 3.08. The molecule has 6 nitrogen and oxygen atoms in total. The molecule has 0 amide bonds. The Kier molecular flexibility index (Phi) is 6.60. The van der Waals surface area contributed by atoms with Crippen molar-refractivity contribution in [3.8, 4) is 0 Å². The topological polar surface area (TPSA) is 90.7 Å². The molecule has 20 heavy (non-hydrogen) atoms. The van der Waals surface area contributed by atoms with E-state index in [-0.39, 0.29) is 9.77 Å². The summed E-state index contributed by atoms with van der Waals surface area (Å²) in [6.07, 6.45) is 0.745. The van der Waals surface area contributed by atoms with Gasteiger partial charge in [0, 0.05) is 23.9 Å². The van der Waals surface area contributed by atoms with E-state index in [4.69, 9.17) is 0 Å². The second-order valence-electron chi connectivity index (χ2n) is 4.40. The third-order valence-corrected chi connectivity index (χ3v) is 5.98. The van der Waals surface area contributed by atoms with Crippen LogP contribution in [0.25, 0.3) is 0 Å². The van der Waals surface area contributed by atoms with Gasteiger partial charge in [-0.1, -0.05) is 0 Å². The zero-order valence-electron chi connectivity index (χ0n) is 11.6. The molecule has 114 valence electrons. The molecule has 0 aliphatic heterocycles. The van der Waals surface area contributed by atoms with Crippen LogP contribution in [0.2, 0.25) is 0 Å². The highest BCUT2D eigenvalue weighted by Crippen LogP contribution is 2.19. The fraction of sp³-hybridized carbons (Fsp3) is 0.583. The molecule has 0 bridgehead atoms. The summed E-state index contributed by atoms with van der Waals surface area (Å²) >= 11 is 0.882. The maximum absolute atomic E-state index is 11.9. The van der Waals surface area contributed by atoms with Crippen LogP contribution in [-0.4, -0.2) is 40.6 Å². The summed E-state index contributed by atoms with van der Waals surface area (Å²) in [5.74, 6) is -1.37. The molecule has 1 heterocycles. The Morgan fingerprint density at radius 1 is 1.40 bits per heavy atom. The number of carbonyl (C=O) groups is 1. The van der Waals surface area contributed by atoms with Gasteiger partial charge in [0.2, 0.25) is 10.0 Å². The van der Waals surface area contributed by atoms with Gasteiger partial charge in [-0.05, 0) is 19.9 Å². The molecule has 0 aliphatic carbocycles. The first-order chi connectivity index (χ1) is 9.40. The van der Waals surface area contributed by atoms with Gasteiger partial charge >= 0.3 is 0 Å². The van der Waals surface area contributed by atoms with Crippen LogP contribution in [-0.2, 0) is 10.0 Å². The van der Waals surface area contributed by atoms with Crippen molar-refractivity contribution in [1.29, 1.82) is 0 Å². The molecule has 0 aromatic carbocycles. The van der Waals surface area contributed by atoms with Gasteiger partial charge in [-0.25, -0.2) is 13.1 Å². The molecule has 0 aliphatic rings. The molecule has 0 unspecified atom stereocenters. The second-order valence-corrected chi connectivity index (χ2v) is 7.31. The zero-order chi connectivity index (χ0) is 15.2. The van der Waals surface area contributed by atoms with Crippen LogP contribution in [0.3, 0.4) is 0 Å². The number of nitrogens with one attached hydrogen (secondary N) is 2. The zero-order valence-corrected chi connectivity index (χ0v) is 13.3. The molecule has 1 aromatic rings. The summed E-state index contributed by atoms with van der Waals surface area (Å²) in [6.45, 7) is 7.48. The standard InChI is InChI=1S/C12H20N2O4S2/c1-3-14(4-2)7-5-6-13-20(17,18)11-8-10(9-19-11)12(15)16/h8-9,13H,3-7H2,1-2H3,(H,15,16). The third kappa shape index (κ3) is 4.86. The summed E-state index contributed by atoms with van der Waals surface area (Å²) in [4.78, 5) is 12.0. The first-order valence-corrected chi connectivity index (χ1v) is 8.90. The smallest absolute Gasteiger partial charge is 0.250 e. The van der Waals surface area contributed by atoms with Crippen LogP contribution < -0.4 is 14.7 Å². The van der Waals surface area contributed by atoms with Crippen LogP contribution in [0.5, 0.6) is 0 Å². The largest absolute Gasteiger partial charge is 0.545 e. The van der Waals surface area contributed by atoms with E-state index in [0.717, 1.165) is 43.5 Å². The average Bonchev–Trinajstić information content (AvgIpc) is 2.89. The van der Waals surface area contributed by atoms with Crippen LogP contribution in [0.1, 0.15) is 30.6 Å². The molecule has 0 atom stereocenters. The number of rotatable bonds is 9. The van der Waals surface area contributed by atoms with E-state index in [1.54, 1.807) is 0 Å². The minimum Gasteiger partial charge on any atom is -0.545 e. The van der Waals surface area contributed by atoms with E-state index in [2.05, 4.69) is 18.6 Å². The molecule has 0 saturated heterocycles. The van der Waals surface area contributed by atoms with E-state index in [1.807, 2.05) is 0 Å². The highest BCUT2D eigenvalue weighted by molar-refractivity contribution is 7.91. The van der Waals surface area contributed by atoms with Crippen molar-refractivity contribution in [3.05, 3.63) is 17.0 Å². The average molecular weight is 320 g/mol. The number of thiophene rings is 1. The minimum atomic E-state index is -3.62. The normalized spacial score (nSPS) is 11.9. The molecule has 0 saturated carbocycles. The van der Waals surface area contributed by atoms with Gasteiger partial charge in [-0.3, -0.25) is 0 Å². The van der Waals surface area contributed by atoms with E-state index in [9.17, 15) is 18.3 Å². The summed E-state index contributed by atoms with van der Waals surface area (Å²) < 4.78 is 26.4. The Labute approximate surface area is 123 Å². The van der Waals surface area contributed by atoms with E-state index < -0.39 is 16.0 Å². The van der Waals surface area contributed by atoms with Crippen molar-refractivity contribution in [3.63, 3.8) is 0 Å². The molecular formula is C12H20N2O4S2. The number of carbonyl (C=O) groups excluding carboxylic acids is 1. The maximum atomic E-state index is 11.9. The lowest BCUT2D eigenvalue weighted by molar-refractivity contribution is -0.896. The highest BCUT2D eigenvalue weighted by Gasteiger charge is 2.16. The van der Waals surface area contributed by atoms with Gasteiger partial charge in [0.05, 0.1) is 25.6 Å². The van der Waals surface area contributed by atoms with Gasteiger partial charge in [0.15, 0.2) is 0 Å². The van der Waals surface area contributed by atoms with Crippen molar-refractivity contribution in [2.75, 3.05) is 26.2 Å². The number of hydrogen-bond acceptors (Lipinski definition) is 5. The van der Waals surface area contributed by atoms with Crippen molar-refractivity contribution < 1.29 is 23.2 Å². The fourth-order valence-corrected chi connectivity index (χ4v) is 4.05. The van der Waals surface area contributed by atoms with Crippen molar-refractivity contribution in [2.24, 2.45) is 0 Å². The summed E-state index contributed by atoms with van der Waals surface area (Å²) in [7, 11) is -3.62. The molecule has 0 fully saturated rings. The van der Waals surface area contributed by atoms with Crippen molar-refractivity contribution >= 4 is 27.3 Å². The molecule has 8 heteroatoms. The molecule has 0 spiro atoms. The Bertz CT molecular complexity index is 535. The first kappa shape index (κ1) is 17.1. The maximum Gasteiger partial charge on any atom is 0.250 e. The lowest BCUT2D eigenvalue weighted by atomic mass is 10.4. The van der Waals surface area contributed by atoms with Gasteiger partial charge in [0.1, 0.15) is 4.21 Å². The number of aromatic carboxylic acids is 1. The van der Waals surface area contributed by atoms with Crippen molar-refractivity contribution in [1.82, 2.24) is 4.72 Å². The highest BCUT2D eigenvalue weighted by atomic mass is 32.2. The van der Waals surface area contributed by atoms with Gasteiger partial charge < -0.3 is 14.8 Å². The summed E-state index contributed by atoms with van der Waals surface area (Å²) in [5, 5.41) is 11.9. The molecular weight excluding hydrogens is 300 g/mol. The molecule has 2 N–H and O–H groups in total. The van der Waals surface area contributed by atoms with E-state index in [0.29, 0.717) is 6.54 Å². The number of carboxylic acids is 1. The monoisotopic (exact) mass is 320 g/mol. The van der Waals surface area contributed by atoms with Crippen molar-refractivity contribution in [2.45, 2.75) is 24.5 Å². The number of hydrogen-bond donors (Lipinski definition) is 2. The SMILES string of the molecule is CC[NH+](CC)CCCNS(=O)(=O)c1cc(C(=O)[O-])cs1. The van der Waals surface area contributed by atoms with Crippen LogP contribution in [0.4, 0.5) is 0 Å². The Morgan fingerprint density at radius 3 is 2.55 bits per heavy atom. The van der Waals surface area contributed by atoms with Gasteiger partial charge in [-0.2, -0.15) is 0 Å². The van der Waals surface area contributed by atoms with E-state index in [1.165, 1.54) is 10.3 Å². The van der Waals surface area contributed by atoms with Crippen LogP contribution in [0.15, 0.2) is 15.7 Å². The predicted molar refractivity (Wildman–Crippen MR) is 75.4 cm³/mol. The molecule has 1 aromatic heterocycles. The number of carboxylic acid groups (broad SMARTS) is 1. The van der Waals surface area contributed by atoms with Crippen LogP contribution in [0, 0.1) is 0 Å². The van der Waals surface area contributed by atoms with Gasteiger partial charge in [0.25, 0.3) is 0 Å². The van der Waals surface area contributed by atoms with E-state index >= 15 is 0 Å². The predicted octanol–water partition coefficient (Wildman–Crippen LogP) is -1.30. The number of quaternary nitrogens is 1. The summed E-state index contributed by atoms with van der Waals surface area (Å²) in [6, 6.07) is 1.12. The van der Waals surface area contributed by atoms with Crippen LogP contribution >= 0.6 is 11.3 Å². The number of sulfonamides is 1. The molecule has 1 rings (SSSR count). The fourth-order valence-electron chi connectivity index (χ4n) is 1.78. The molecule has 0 radical (unpaired) electrons. The summed E-state index contributed by atoms with van der Waals surface area (Å²) in [5.41, 5.74) is -0.108. The van der Waals surface area contributed by atoms with Gasteiger partial charge in [-0.15, -0.1) is 11.3 Å². The lowest BCUT2D eigenvalue weighted by Gasteiger charge is -2.15. The quantitative estimate of drug-likeness (QED) is 0.554. The Hall–Kier alpha value is -0.960. The first-order valence-electron chi connectivity index (χ1n) is 6.53. The minimum absolute atomic E-state index is 0.00638.